The first-order valence-corrected chi connectivity index (χ1v) is 16.4. The Bertz CT molecular complexity index is 1760. The van der Waals surface area contributed by atoms with E-state index >= 15 is 0 Å². The van der Waals surface area contributed by atoms with Crippen molar-refractivity contribution in [3.63, 3.8) is 0 Å². The van der Waals surface area contributed by atoms with Crippen molar-refractivity contribution in [3.8, 4) is 16.9 Å². The van der Waals surface area contributed by atoms with Gasteiger partial charge in [-0.25, -0.2) is 13.6 Å². The number of hydrogen-bond acceptors (Lipinski definition) is 5. The highest BCUT2D eigenvalue weighted by Gasteiger charge is 2.36. The number of fused-ring (bicyclic) bond motifs is 1. The molecular formula is C35H38ClF2N3O4S. The summed E-state index contributed by atoms with van der Waals surface area (Å²) in [6, 6.07) is 11.2. The number of methoxy groups -OCH3 is 1. The van der Waals surface area contributed by atoms with Crippen LogP contribution in [-0.2, 0) is 6.54 Å². The number of amides is 2. The highest BCUT2D eigenvalue weighted by Crippen LogP contribution is 2.41. The lowest BCUT2D eigenvalue weighted by Gasteiger charge is -2.41. The van der Waals surface area contributed by atoms with Crippen molar-refractivity contribution in [2.24, 2.45) is 5.41 Å². The van der Waals surface area contributed by atoms with E-state index in [-0.39, 0.29) is 44.0 Å². The number of halogens is 3. The zero-order valence-corrected chi connectivity index (χ0v) is 28.1. The zero-order valence-electron chi connectivity index (χ0n) is 26.6. The fourth-order valence-electron chi connectivity index (χ4n) is 6.27. The Kier molecular flexibility index (Phi) is 9.89. The molecule has 1 N–H and O–H groups in total. The van der Waals surface area contributed by atoms with Gasteiger partial charge in [-0.15, -0.1) is 11.3 Å². The molecule has 11 heteroatoms. The fourth-order valence-corrected chi connectivity index (χ4v) is 7.77. The molecule has 2 aromatic carbocycles. The van der Waals surface area contributed by atoms with E-state index in [1.165, 1.54) is 4.90 Å². The second-order valence-electron chi connectivity index (χ2n) is 13.1. The fraction of sp³-hybridized carbons (Fsp3) is 0.400. The Labute approximate surface area is 276 Å². The van der Waals surface area contributed by atoms with E-state index in [4.69, 9.17) is 16.3 Å². The molecule has 1 aliphatic rings. The molecular weight excluding hydrogens is 632 g/mol. The minimum Gasteiger partial charge on any atom is -0.496 e. The molecule has 5 rings (SSSR count). The molecule has 244 valence electrons. The van der Waals surface area contributed by atoms with Crippen LogP contribution in [0, 0.1) is 24.0 Å². The van der Waals surface area contributed by atoms with Gasteiger partial charge >= 0.3 is 6.09 Å². The Hall–Kier alpha value is -3.76. The third-order valence-electron chi connectivity index (χ3n) is 8.43. The number of rotatable bonds is 8. The number of carbonyl (C=O) groups excluding carboxylic acids is 1. The van der Waals surface area contributed by atoms with Crippen molar-refractivity contribution < 1.29 is 28.2 Å². The van der Waals surface area contributed by atoms with E-state index in [2.05, 4.69) is 4.98 Å². The number of nitrogens with zero attached hydrogens (tertiary/aromatic N) is 3. The van der Waals surface area contributed by atoms with Crippen LogP contribution in [0.5, 0.6) is 5.75 Å². The Morgan fingerprint density at radius 1 is 1.00 bits per heavy atom. The molecule has 2 heterocycles. The lowest BCUT2D eigenvalue weighted by molar-refractivity contribution is 0.0492. The van der Waals surface area contributed by atoms with Crippen LogP contribution in [0.4, 0.5) is 13.6 Å². The van der Waals surface area contributed by atoms with Gasteiger partial charge in [0.25, 0.3) is 5.91 Å². The van der Waals surface area contributed by atoms with Crippen molar-refractivity contribution in [1.29, 1.82) is 0 Å². The first-order chi connectivity index (χ1) is 21.8. The van der Waals surface area contributed by atoms with Gasteiger partial charge in [-0.2, -0.15) is 0 Å². The summed E-state index contributed by atoms with van der Waals surface area (Å²) in [5.74, 6) is -1.20. The molecule has 7 nitrogen and oxygen atoms in total. The van der Waals surface area contributed by atoms with E-state index < -0.39 is 23.6 Å². The molecule has 2 aromatic heterocycles. The second-order valence-corrected chi connectivity index (χ2v) is 14.5. The first kappa shape index (κ1) is 33.6. The lowest BCUT2D eigenvalue weighted by Crippen LogP contribution is -2.49. The topological polar surface area (TPSA) is 83.0 Å². The van der Waals surface area contributed by atoms with Gasteiger partial charge in [0, 0.05) is 42.6 Å². The Balaban J connectivity index is 1.52. The molecule has 0 spiro atoms. The molecule has 0 aliphatic heterocycles. The molecule has 0 unspecified atom stereocenters. The van der Waals surface area contributed by atoms with E-state index in [0.29, 0.717) is 38.0 Å². The number of aryl methyl sites for hydroxylation is 1. The summed E-state index contributed by atoms with van der Waals surface area (Å²) in [6.07, 6.45) is 2.99. The van der Waals surface area contributed by atoms with Crippen LogP contribution in [0.2, 0.25) is 5.02 Å². The SMILES string of the molecule is COc1ccc(-c2ccnc(C)c2)cc1CN(C(=O)c1sc2c(F)ccc(F)c2c1Cl)C1CCC(N(CC(C)(C)C)C(=O)O)CC1. The van der Waals surface area contributed by atoms with Crippen LogP contribution < -0.4 is 4.74 Å². The standard InChI is InChI=1S/C35H38ClF2N3O4S/c1-20-16-22(14-15-39-20)21-6-13-28(45-5)23(17-21)18-40(24-7-9-25(10-8-24)41(34(43)44)19-35(2,3)4)33(42)32-30(36)29-26(37)11-12-27(38)31(29)46-32/h6,11-17,24-25H,7-10,18-19H2,1-5H3,(H,43,44). The number of ether oxygens (including phenoxy) is 1. The Morgan fingerprint density at radius 3 is 2.22 bits per heavy atom. The molecule has 0 atom stereocenters. The predicted molar refractivity (Wildman–Crippen MR) is 178 cm³/mol. The second kappa shape index (κ2) is 13.5. The highest BCUT2D eigenvalue weighted by molar-refractivity contribution is 7.21. The van der Waals surface area contributed by atoms with Crippen LogP contribution in [0.15, 0.2) is 48.7 Å². The molecule has 1 aliphatic carbocycles. The largest absolute Gasteiger partial charge is 0.496 e. The number of thiophene rings is 1. The third kappa shape index (κ3) is 7.13. The normalized spacial score (nSPS) is 16.8. The monoisotopic (exact) mass is 669 g/mol. The van der Waals surface area contributed by atoms with Gasteiger partial charge in [-0.05, 0) is 85.5 Å². The molecule has 46 heavy (non-hydrogen) atoms. The maximum Gasteiger partial charge on any atom is 0.407 e. The highest BCUT2D eigenvalue weighted by atomic mass is 35.5. The predicted octanol–water partition coefficient (Wildman–Crippen LogP) is 9.19. The van der Waals surface area contributed by atoms with Crippen LogP contribution in [0.25, 0.3) is 21.2 Å². The van der Waals surface area contributed by atoms with Crippen LogP contribution >= 0.6 is 22.9 Å². The smallest absolute Gasteiger partial charge is 0.407 e. The van der Waals surface area contributed by atoms with E-state index in [0.717, 1.165) is 45.9 Å². The summed E-state index contributed by atoms with van der Waals surface area (Å²) >= 11 is 7.45. The summed E-state index contributed by atoms with van der Waals surface area (Å²) in [6.45, 7) is 8.47. The molecule has 0 radical (unpaired) electrons. The summed E-state index contributed by atoms with van der Waals surface area (Å²) in [7, 11) is 1.57. The minimum absolute atomic E-state index is 0.0103. The average molecular weight is 670 g/mol. The van der Waals surface area contributed by atoms with Gasteiger partial charge in [0.2, 0.25) is 0 Å². The van der Waals surface area contributed by atoms with Crippen molar-refractivity contribution in [2.75, 3.05) is 13.7 Å². The average Bonchev–Trinajstić information content (AvgIpc) is 3.38. The lowest BCUT2D eigenvalue weighted by atomic mass is 9.87. The van der Waals surface area contributed by atoms with Gasteiger partial charge < -0.3 is 19.6 Å². The molecule has 0 bridgehead atoms. The minimum atomic E-state index is -0.958. The van der Waals surface area contributed by atoms with Gasteiger partial charge in [-0.1, -0.05) is 38.4 Å². The number of hydrogen-bond donors (Lipinski definition) is 1. The van der Waals surface area contributed by atoms with Gasteiger partial charge in [0.15, 0.2) is 0 Å². The summed E-state index contributed by atoms with van der Waals surface area (Å²) in [4.78, 5) is 34.2. The van der Waals surface area contributed by atoms with E-state index in [1.54, 1.807) is 18.2 Å². The molecule has 2 amide bonds. The molecule has 4 aromatic rings. The maximum atomic E-state index is 14.8. The molecule has 0 saturated heterocycles. The van der Waals surface area contributed by atoms with Crippen LogP contribution in [0.1, 0.15) is 67.4 Å². The maximum absolute atomic E-state index is 14.8. The van der Waals surface area contributed by atoms with E-state index in [9.17, 15) is 23.5 Å². The van der Waals surface area contributed by atoms with Gasteiger partial charge in [-0.3, -0.25) is 9.78 Å². The quantitative estimate of drug-likeness (QED) is 0.202. The zero-order chi connectivity index (χ0) is 33.3. The number of pyridine rings is 1. The van der Waals surface area contributed by atoms with Crippen LogP contribution in [-0.4, -0.2) is 57.6 Å². The van der Waals surface area contributed by atoms with Crippen molar-refractivity contribution in [1.82, 2.24) is 14.8 Å². The van der Waals surface area contributed by atoms with E-state index in [1.807, 2.05) is 58.0 Å². The Morgan fingerprint density at radius 2 is 1.63 bits per heavy atom. The molecule has 1 fully saturated rings. The summed E-state index contributed by atoms with van der Waals surface area (Å²) in [5.41, 5.74) is 3.28. The number of carbonyl (C=O) groups is 2. The van der Waals surface area contributed by atoms with Crippen molar-refractivity contribution in [2.45, 2.75) is 72.0 Å². The molecule has 1 saturated carbocycles. The van der Waals surface area contributed by atoms with Crippen molar-refractivity contribution >= 4 is 45.0 Å². The van der Waals surface area contributed by atoms with Gasteiger partial charge in [0.05, 0.1) is 22.2 Å². The first-order valence-electron chi connectivity index (χ1n) is 15.2. The number of aromatic nitrogens is 1. The van der Waals surface area contributed by atoms with Gasteiger partial charge in [0.1, 0.15) is 22.3 Å². The number of carboxylic acid groups (broad SMARTS) is 1. The van der Waals surface area contributed by atoms with Crippen molar-refractivity contribution in [3.05, 3.63) is 81.5 Å². The number of benzene rings is 2. The summed E-state index contributed by atoms with van der Waals surface area (Å²) < 4.78 is 35.2. The van der Waals surface area contributed by atoms with Crippen LogP contribution in [0.3, 0.4) is 0 Å². The summed E-state index contributed by atoms with van der Waals surface area (Å²) in [5, 5.41) is 9.78. The third-order valence-corrected chi connectivity index (χ3v) is 10.1.